The summed E-state index contributed by atoms with van der Waals surface area (Å²) in [6, 6.07) is -0.00519. The number of hydrogen-bond donors (Lipinski definition) is 2. The molecule has 94 valence electrons. The summed E-state index contributed by atoms with van der Waals surface area (Å²) in [6.07, 6.45) is 4.06. The third-order valence-electron chi connectivity index (χ3n) is 2.90. The minimum absolute atomic E-state index is 0.00519. The normalized spacial score (nSPS) is 20.1. The first-order valence-electron chi connectivity index (χ1n) is 6.25. The first kappa shape index (κ1) is 13.3. The van der Waals surface area contributed by atoms with Gasteiger partial charge in [0.1, 0.15) is 5.66 Å². The Bertz CT molecular complexity index is 251. The summed E-state index contributed by atoms with van der Waals surface area (Å²) in [5.41, 5.74) is 2.95. The topological polar surface area (TPSA) is 44.4 Å². The standard InChI is InChI=1S/C12H25N3O/c1-6-8-12(9-7-2)13-10(16)15(14-12)11(3,4)5/h14H,6-9H2,1-5H3,(H,13,16). The summed E-state index contributed by atoms with van der Waals surface area (Å²) in [4.78, 5) is 11.9. The second-order valence-electron chi connectivity index (χ2n) is 5.63. The van der Waals surface area contributed by atoms with E-state index in [0.29, 0.717) is 0 Å². The quantitative estimate of drug-likeness (QED) is 0.775. The van der Waals surface area contributed by atoms with Crippen LogP contribution >= 0.6 is 0 Å². The van der Waals surface area contributed by atoms with Gasteiger partial charge in [-0.15, -0.1) is 0 Å². The molecule has 0 atom stereocenters. The van der Waals surface area contributed by atoms with E-state index in [0.717, 1.165) is 25.7 Å². The number of carbonyl (C=O) groups excluding carboxylic acids is 1. The molecule has 0 aromatic rings. The second-order valence-corrected chi connectivity index (χ2v) is 5.63. The van der Waals surface area contributed by atoms with Crippen LogP contribution in [0.4, 0.5) is 4.79 Å². The van der Waals surface area contributed by atoms with E-state index >= 15 is 0 Å². The fourth-order valence-corrected chi connectivity index (χ4v) is 2.24. The minimum atomic E-state index is -0.228. The van der Waals surface area contributed by atoms with Crippen molar-refractivity contribution in [3.8, 4) is 0 Å². The molecule has 4 nitrogen and oxygen atoms in total. The van der Waals surface area contributed by atoms with E-state index in [4.69, 9.17) is 0 Å². The van der Waals surface area contributed by atoms with Gasteiger partial charge >= 0.3 is 6.03 Å². The number of carbonyl (C=O) groups is 1. The summed E-state index contributed by atoms with van der Waals surface area (Å²) in [7, 11) is 0. The van der Waals surface area contributed by atoms with Crippen molar-refractivity contribution in [2.75, 3.05) is 0 Å². The van der Waals surface area contributed by atoms with Crippen molar-refractivity contribution in [2.45, 2.75) is 71.5 Å². The third kappa shape index (κ3) is 2.67. The molecule has 2 amide bonds. The van der Waals surface area contributed by atoms with Gasteiger partial charge in [-0.3, -0.25) is 5.01 Å². The Morgan fingerprint density at radius 2 is 1.69 bits per heavy atom. The van der Waals surface area contributed by atoms with E-state index in [2.05, 4.69) is 24.6 Å². The lowest BCUT2D eigenvalue weighted by molar-refractivity contribution is 0.0976. The Hall–Kier alpha value is -0.770. The van der Waals surface area contributed by atoms with Crippen LogP contribution in [0.2, 0.25) is 0 Å². The van der Waals surface area contributed by atoms with E-state index in [1.165, 1.54) is 0 Å². The van der Waals surface area contributed by atoms with Gasteiger partial charge in [-0.1, -0.05) is 26.7 Å². The van der Waals surface area contributed by atoms with Crippen LogP contribution in [0.3, 0.4) is 0 Å². The Balaban J connectivity index is 2.82. The molecule has 2 N–H and O–H groups in total. The molecular weight excluding hydrogens is 202 g/mol. The first-order valence-corrected chi connectivity index (χ1v) is 6.25. The molecule has 0 spiro atoms. The lowest BCUT2D eigenvalue weighted by atomic mass is 10.00. The minimum Gasteiger partial charge on any atom is -0.317 e. The fourth-order valence-electron chi connectivity index (χ4n) is 2.24. The molecule has 4 heteroatoms. The van der Waals surface area contributed by atoms with Crippen LogP contribution in [0.25, 0.3) is 0 Å². The molecule has 0 aromatic carbocycles. The van der Waals surface area contributed by atoms with Crippen molar-refractivity contribution in [3.63, 3.8) is 0 Å². The Kier molecular flexibility index (Phi) is 3.84. The van der Waals surface area contributed by atoms with Crippen molar-refractivity contribution < 1.29 is 4.79 Å². The SMILES string of the molecule is CCCC1(CCC)NC(=O)N(C(C)(C)C)N1. The molecule has 1 fully saturated rings. The number of nitrogens with zero attached hydrogens (tertiary/aromatic N) is 1. The average Bonchev–Trinajstić information content (AvgIpc) is 2.43. The molecule has 1 aliphatic rings. The number of hydrogen-bond acceptors (Lipinski definition) is 2. The lowest BCUT2D eigenvalue weighted by Gasteiger charge is -2.34. The maximum Gasteiger partial charge on any atom is 0.333 e. The molecule has 1 rings (SSSR count). The highest BCUT2D eigenvalue weighted by atomic mass is 16.2. The summed E-state index contributed by atoms with van der Waals surface area (Å²) < 4.78 is 0. The van der Waals surface area contributed by atoms with Crippen LogP contribution in [-0.2, 0) is 0 Å². The highest BCUT2D eigenvalue weighted by molar-refractivity contribution is 5.77. The maximum atomic E-state index is 11.9. The fraction of sp³-hybridized carbons (Fsp3) is 0.917. The lowest BCUT2D eigenvalue weighted by Crippen LogP contribution is -2.54. The number of hydrazine groups is 1. The van der Waals surface area contributed by atoms with E-state index in [1.807, 2.05) is 20.8 Å². The Labute approximate surface area is 98.7 Å². The summed E-state index contributed by atoms with van der Waals surface area (Å²) in [5, 5.41) is 4.82. The summed E-state index contributed by atoms with van der Waals surface area (Å²) >= 11 is 0. The maximum absolute atomic E-state index is 11.9. The van der Waals surface area contributed by atoms with Gasteiger partial charge in [0.15, 0.2) is 0 Å². The molecule has 0 aromatic heterocycles. The van der Waals surface area contributed by atoms with Gasteiger partial charge in [0, 0.05) is 0 Å². The van der Waals surface area contributed by atoms with Crippen molar-refractivity contribution >= 4 is 6.03 Å². The van der Waals surface area contributed by atoms with Crippen molar-refractivity contribution in [2.24, 2.45) is 0 Å². The largest absolute Gasteiger partial charge is 0.333 e. The van der Waals surface area contributed by atoms with Gasteiger partial charge in [-0.2, -0.15) is 0 Å². The van der Waals surface area contributed by atoms with Gasteiger partial charge < -0.3 is 5.32 Å². The third-order valence-corrected chi connectivity index (χ3v) is 2.90. The molecule has 1 heterocycles. The number of urea groups is 1. The molecular formula is C12H25N3O. The molecule has 0 saturated carbocycles. The van der Waals surface area contributed by atoms with Crippen molar-refractivity contribution in [3.05, 3.63) is 0 Å². The highest BCUT2D eigenvalue weighted by Crippen LogP contribution is 2.26. The number of amides is 2. The van der Waals surface area contributed by atoms with E-state index < -0.39 is 0 Å². The molecule has 16 heavy (non-hydrogen) atoms. The molecule has 1 saturated heterocycles. The monoisotopic (exact) mass is 227 g/mol. The van der Waals surface area contributed by atoms with Crippen LogP contribution < -0.4 is 10.7 Å². The van der Waals surface area contributed by atoms with Crippen molar-refractivity contribution in [1.82, 2.24) is 15.8 Å². The van der Waals surface area contributed by atoms with Gasteiger partial charge in [0.05, 0.1) is 5.54 Å². The van der Waals surface area contributed by atoms with Crippen LogP contribution in [0.5, 0.6) is 0 Å². The zero-order valence-electron chi connectivity index (χ0n) is 11.2. The zero-order chi connectivity index (χ0) is 12.4. The van der Waals surface area contributed by atoms with Crippen LogP contribution in [-0.4, -0.2) is 22.2 Å². The van der Waals surface area contributed by atoms with Gasteiger partial charge in [-0.25, -0.2) is 10.2 Å². The molecule has 1 aliphatic heterocycles. The number of nitrogens with one attached hydrogen (secondary N) is 2. The predicted molar refractivity (Wildman–Crippen MR) is 65.8 cm³/mol. The Morgan fingerprint density at radius 3 is 2.00 bits per heavy atom. The second kappa shape index (κ2) is 4.62. The summed E-state index contributed by atoms with van der Waals surface area (Å²) in [6.45, 7) is 10.4. The first-order chi connectivity index (χ1) is 7.34. The van der Waals surface area contributed by atoms with Crippen LogP contribution in [0.15, 0.2) is 0 Å². The van der Waals surface area contributed by atoms with Gasteiger partial charge in [0.25, 0.3) is 0 Å². The van der Waals surface area contributed by atoms with E-state index in [9.17, 15) is 4.79 Å². The number of rotatable bonds is 4. The average molecular weight is 227 g/mol. The zero-order valence-corrected chi connectivity index (χ0v) is 11.2. The molecule has 0 radical (unpaired) electrons. The molecule has 0 bridgehead atoms. The van der Waals surface area contributed by atoms with Gasteiger partial charge in [-0.05, 0) is 33.6 Å². The van der Waals surface area contributed by atoms with E-state index in [-0.39, 0.29) is 17.2 Å². The Morgan fingerprint density at radius 1 is 1.19 bits per heavy atom. The molecule has 0 aliphatic carbocycles. The van der Waals surface area contributed by atoms with Crippen LogP contribution in [0.1, 0.15) is 60.3 Å². The van der Waals surface area contributed by atoms with Crippen LogP contribution in [0, 0.1) is 0 Å². The smallest absolute Gasteiger partial charge is 0.317 e. The highest BCUT2D eigenvalue weighted by Gasteiger charge is 2.44. The summed E-state index contributed by atoms with van der Waals surface area (Å²) in [5.74, 6) is 0. The van der Waals surface area contributed by atoms with E-state index in [1.54, 1.807) is 5.01 Å². The predicted octanol–water partition coefficient (Wildman–Crippen LogP) is 2.61. The van der Waals surface area contributed by atoms with Crippen molar-refractivity contribution in [1.29, 1.82) is 0 Å². The van der Waals surface area contributed by atoms with Gasteiger partial charge in [0.2, 0.25) is 0 Å². The molecule has 0 unspecified atom stereocenters.